The average Bonchev–Trinajstić information content (AvgIpc) is 1.55. The van der Waals surface area contributed by atoms with Gasteiger partial charge in [0.25, 0.3) is 0 Å². The van der Waals surface area contributed by atoms with Gasteiger partial charge in [-0.3, -0.25) is 19.6 Å². The zero-order chi connectivity index (χ0) is 92.1. The molecule has 4 aromatic heterocycles. The summed E-state index contributed by atoms with van der Waals surface area (Å²) < 4.78 is 10.2. The second kappa shape index (κ2) is 48.3. The average molecular weight is 1700 g/mol. The molecule has 0 spiro atoms. The van der Waals surface area contributed by atoms with Gasteiger partial charge in [-0.05, 0) is 135 Å². The molecule has 666 valence electrons. The Kier molecular flexibility index (Phi) is 37.1. The van der Waals surface area contributed by atoms with Gasteiger partial charge in [-0.2, -0.15) is 0 Å². The van der Waals surface area contributed by atoms with Crippen LogP contribution >= 0.6 is 0 Å². The minimum Gasteiger partial charge on any atom is -0.326 e. The molecule has 0 aliphatic heterocycles. The van der Waals surface area contributed by atoms with E-state index in [0.717, 1.165) is 79.0 Å². The van der Waals surface area contributed by atoms with Crippen molar-refractivity contribution in [1.29, 1.82) is 0 Å². The van der Waals surface area contributed by atoms with Crippen LogP contribution in [-0.2, 0) is 26.7 Å². The second-order valence-electron chi connectivity index (χ2n) is 30.1. The van der Waals surface area contributed by atoms with Gasteiger partial charge in [-0.15, -0.1) is 0 Å². The van der Waals surface area contributed by atoms with Gasteiger partial charge in [0.1, 0.15) is 0 Å². The molecule has 0 atom stereocenters. The molecule has 0 saturated carbocycles. The molecule has 17 aromatic carbocycles. The fraction of sp³-hybridized carbons (Fsp3) is 0.300. The number of aromatic nitrogens is 4. The first-order valence-corrected chi connectivity index (χ1v) is 48.8. The molecule has 0 N–H and O–H groups in total. The maximum absolute atomic E-state index is 2.58. The molecule has 21 aromatic rings. The molecule has 0 aliphatic rings. The predicted molar refractivity (Wildman–Crippen MR) is 578 cm³/mol. The van der Waals surface area contributed by atoms with Crippen LogP contribution in [-0.4, -0.2) is 90.2 Å². The zero-order valence-corrected chi connectivity index (χ0v) is 81.9. The van der Waals surface area contributed by atoms with Crippen LogP contribution in [0.25, 0.3) is 184 Å². The predicted octanol–water partition coefficient (Wildman–Crippen LogP) is 35.0. The fourth-order valence-electron chi connectivity index (χ4n) is 18.4. The van der Waals surface area contributed by atoms with E-state index in [0.29, 0.717) is 0 Å². The van der Waals surface area contributed by atoms with Gasteiger partial charge < -0.3 is 18.3 Å². The highest BCUT2D eigenvalue weighted by molar-refractivity contribution is 6.34. The molecule has 0 fully saturated rings. The summed E-state index contributed by atoms with van der Waals surface area (Å²) in [6.45, 7) is 62.0. The summed E-state index contributed by atoms with van der Waals surface area (Å²) in [5.74, 6) is 0. The summed E-state index contributed by atoms with van der Waals surface area (Å²) in [4.78, 5) is 9.96. The third-order valence-corrected chi connectivity index (χ3v) is 24.4. The molecule has 8 heteroatoms. The first-order valence-electron chi connectivity index (χ1n) is 48.8. The maximum Gasteiger partial charge on any atom is 0.0757 e. The van der Waals surface area contributed by atoms with E-state index in [4.69, 9.17) is 0 Å². The van der Waals surface area contributed by atoms with E-state index in [1.807, 2.05) is 111 Å². The quantitative estimate of drug-likeness (QED) is 0.0903. The Morgan fingerprint density at radius 1 is 0.156 bits per heavy atom. The van der Waals surface area contributed by atoms with E-state index in [1.54, 1.807) is 0 Å². The molecule has 0 radical (unpaired) electrons. The van der Waals surface area contributed by atoms with Crippen molar-refractivity contribution in [2.75, 3.05) is 52.4 Å². The lowest BCUT2D eigenvalue weighted by Gasteiger charge is -2.21. The Labute approximate surface area is 765 Å². The fourth-order valence-corrected chi connectivity index (χ4v) is 18.4. The van der Waals surface area contributed by atoms with Crippen molar-refractivity contribution < 1.29 is 0 Å². The molecule has 21 rings (SSSR count). The lowest BCUT2D eigenvalue weighted by atomic mass is 9.96. The third-order valence-electron chi connectivity index (χ3n) is 24.4. The molecule has 0 amide bonds. The van der Waals surface area contributed by atoms with Crippen molar-refractivity contribution in [1.82, 2.24) is 37.9 Å². The molecule has 0 saturated heterocycles. The van der Waals surface area contributed by atoms with Gasteiger partial charge in [-0.1, -0.05) is 451 Å². The van der Waals surface area contributed by atoms with Crippen molar-refractivity contribution in [3.63, 3.8) is 0 Å². The van der Waals surface area contributed by atoms with Crippen molar-refractivity contribution in [3.05, 3.63) is 303 Å². The SMILES string of the molecule is CC.CC.CC.CC.CC.CC.CC.CC.CCN(CC)Cn1c2c3ccccc3ccc2c2c3ccccc3c3ccccc3c21.CCN(CC)Cn1c2c3ccccc3ccc2c2ccc3ccccc3c21.CCN(CC)Cn1c2cc3ccccc3cc2c2ccc3ccccc3c21.CCN(CC)Cn1c2ccc3ccccc3c2c2ccc3ccccc3c21. The Balaban J connectivity index is 0.000000169. The Morgan fingerprint density at radius 3 is 0.742 bits per heavy atom. The molecule has 0 unspecified atom stereocenters. The van der Waals surface area contributed by atoms with Crippen LogP contribution in [0.3, 0.4) is 0 Å². The van der Waals surface area contributed by atoms with E-state index in [1.165, 1.54) is 184 Å². The van der Waals surface area contributed by atoms with Crippen LogP contribution in [0, 0.1) is 0 Å². The van der Waals surface area contributed by atoms with Crippen molar-refractivity contribution in [3.8, 4) is 0 Å². The Hall–Kier alpha value is -11.9. The number of fused-ring (bicyclic) bond motifs is 30. The highest BCUT2D eigenvalue weighted by Crippen LogP contribution is 2.45. The number of rotatable bonds is 16. The lowest BCUT2D eigenvalue weighted by Crippen LogP contribution is -2.25. The highest BCUT2D eigenvalue weighted by Gasteiger charge is 2.24. The van der Waals surface area contributed by atoms with E-state index in [2.05, 4.69) is 397 Å². The molecule has 0 bridgehead atoms. The minimum absolute atomic E-state index is 0.892. The van der Waals surface area contributed by atoms with Gasteiger partial charge in [0.15, 0.2) is 0 Å². The summed E-state index contributed by atoms with van der Waals surface area (Å²) in [6, 6.07) is 111. The van der Waals surface area contributed by atoms with Crippen LogP contribution in [0.1, 0.15) is 166 Å². The summed E-state index contributed by atoms with van der Waals surface area (Å²) in [7, 11) is 0. The number of hydrogen-bond donors (Lipinski definition) is 0. The topological polar surface area (TPSA) is 32.7 Å². The van der Waals surface area contributed by atoms with Gasteiger partial charge >= 0.3 is 0 Å². The largest absolute Gasteiger partial charge is 0.326 e. The van der Waals surface area contributed by atoms with Crippen molar-refractivity contribution >= 4 is 184 Å². The van der Waals surface area contributed by atoms with E-state index in [9.17, 15) is 0 Å². The number of nitrogens with zero attached hydrogens (tertiary/aromatic N) is 8. The van der Waals surface area contributed by atoms with Crippen LogP contribution in [0.15, 0.2) is 303 Å². The van der Waals surface area contributed by atoms with E-state index < -0.39 is 0 Å². The second-order valence-corrected chi connectivity index (χ2v) is 30.1. The lowest BCUT2D eigenvalue weighted by molar-refractivity contribution is 0.250. The van der Waals surface area contributed by atoms with Crippen LogP contribution < -0.4 is 0 Å². The first-order chi connectivity index (χ1) is 63.2. The first kappa shape index (κ1) is 98.3. The molecular formula is C120H146N8. The van der Waals surface area contributed by atoms with Gasteiger partial charge in [0.2, 0.25) is 0 Å². The van der Waals surface area contributed by atoms with Gasteiger partial charge in [-0.25, -0.2) is 0 Å². The maximum atomic E-state index is 2.58. The third kappa shape index (κ3) is 19.6. The molecule has 0 aliphatic carbocycles. The standard InChI is InChI=1S/C29H26N2.3C25H24N2.8C2H6/c1-3-30(4-2)19-31-28-21-12-6-5-11-20(21)17-18-26(28)27-24-15-9-7-13-22(24)23-14-8-10-16-25(23)29(27)31;1-3-26(4-2)17-27-23-16-14-18-9-5-7-11-20(18)24(23)22-15-13-19-10-6-8-12-21(19)25(22)27;1-3-26(4-2)17-27-24-20-11-7-5-9-18(20)13-15-22(24)23-16-14-19-10-6-8-12-21(19)25(23)27;1-3-26(4-2)17-27-24-16-20-11-6-5-10-19(20)15-23(24)22-14-13-18-9-7-8-12-21(18)25(22)27;8*1-2/h5-18H,3-4,19H2,1-2H3;3*5-16H,3-4,17H2,1-2H3;8*1-2H3. The molecule has 128 heavy (non-hydrogen) atoms. The Morgan fingerprint density at radius 2 is 0.375 bits per heavy atom. The highest BCUT2D eigenvalue weighted by atomic mass is 15.3. The van der Waals surface area contributed by atoms with Gasteiger partial charge in [0, 0.05) is 75.4 Å². The monoisotopic (exact) mass is 1700 g/mol. The Bertz CT molecular complexity index is 6920. The molecule has 4 heterocycles. The zero-order valence-electron chi connectivity index (χ0n) is 81.9. The van der Waals surface area contributed by atoms with Crippen molar-refractivity contribution in [2.45, 2.75) is 193 Å². The van der Waals surface area contributed by atoms with Crippen LogP contribution in [0.5, 0.6) is 0 Å². The summed E-state index contributed by atoms with van der Waals surface area (Å²) >= 11 is 0. The van der Waals surface area contributed by atoms with E-state index in [-0.39, 0.29) is 0 Å². The minimum atomic E-state index is 0.892. The summed E-state index contributed by atoms with van der Waals surface area (Å²) in [6.07, 6.45) is 0. The van der Waals surface area contributed by atoms with Crippen molar-refractivity contribution in [2.24, 2.45) is 0 Å². The van der Waals surface area contributed by atoms with E-state index >= 15 is 0 Å². The van der Waals surface area contributed by atoms with Gasteiger partial charge in [0.05, 0.1) is 70.8 Å². The normalized spacial score (nSPS) is 11.0. The smallest absolute Gasteiger partial charge is 0.0757 e. The molecular weight excluding hydrogens is 1550 g/mol. The molecule has 8 nitrogen and oxygen atoms in total. The van der Waals surface area contributed by atoms with Crippen LogP contribution in [0.2, 0.25) is 0 Å². The van der Waals surface area contributed by atoms with Crippen LogP contribution in [0.4, 0.5) is 0 Å². The number of hydrogen-bond acceptors (Lipinski definition) is 4. The summed E-state index contributed by atoms with van der Waals surface area (Å²) in [5, 5.41) is 34.6. The number of benzene rings is 17. The summed E-state index contributed by atoms with van der Waals surface area (Å²) in [5.41, 5.74) is 10.8.